The Labute approximate surface area is 162 Å². The maximum Gasteiger partial charge on any atom is 0.0736 e. The molecule has 0 saturated heterocycles. The molecule has 6 rings (SSSR count). The number of rotatable bonds is 0. The summed E-state index contributed by atoms with van der Waals surface area (Å²) < 4.78 is 0. The molecule has 134 valence electrons. The molecule has 1 aromatic carbocycles. The monoisotopic (exact) mass is 362 g/mol. The van der Waals surface area contributed by atoms with E-state index in [9.17, 15) is 0 Å². The number of benzene rings is 1. The van der Waals surface area contributed by atoms with Crippen molar-refractivity contribution in [2.24, 2.45) is 9.98 Å². The normalized spacial score (nSPS) is 21.4. The molecule has 5 heterocycles. The van der Waals surface area contributed by atoms with E-state index in [2.05, 4.69) is 83.2 Å². The van der Waals surface area contributed by atoms with Gasteiger partial charge in [0.1, 0.15) is 0 Å². The van der Waals surface area contributed by atoms with Gasteiger partial charge >= 0.3 is 0 Å². The summed E-state index contributed by atoms with van der Waals surface area (Å²) in [5, 5.41) is 5.65. The number of aromatic amines is 1. The van der Waals surface area contributed by atoms with Crippen molar-refractivity contribution in [1.82, 2.24) is 10.3 Å². The second kappa shape index (κ2) is 5.92. The summed E-state index contributed by atoms with van der Waals surface area (Å²) in [6, 6.07) is 12.8. The van der Waals surface area contributed by atoms with Crippen LogP contribution in [0.5, 0.6) is 0 Å². The molecule has 2 N–H and O–H groups in total. The van der Waals surface area contributed by atoms with Gasteiger partial charge in [-0.2, -0.15) is 0 Å². The number of nitrogens with one attached hydrogen (secondary N) is 2. The number of allylic oxidation sites excluding steroid dienone is 3. The third-order valence-electron chi connectivity index (χ3n) is 5.34. The van der Waals surface area contributed by atoms with E-state index in [1.165, 1.54) is 11.1 Å². The van der Waals surface area contributed by atoms with Crippen molar-refractivity contribution in [2.75, 3.05) is 0 Å². The first-order valence-electron chi connectivity index (χ1n) is 9.54. The Hall–Kier alpha value is -3.66. The molecule has 1 aromatic heterocycles. The minimum atomic E-state index is 0.239. The first-order chi connectivity index (χ1) is 13.8. The van der Waals surface area contributed by atoms with E-state index < -0.39 is 0 Å². The Morgan fingerprint density at radius 2 is 1.71 bits per heavy atom. The third kappa shape index (κ3) is 2.62. The SMILES string of the molecule is C1=CC2=NC1=CC1=CCC(C=C3N=C(C=c4ccc([nH]4)=C2)c2ccccc23)N1. The fourth-order valence-electron chi connectivity index (χ4n) is 4.02. The largest absolute Gasteiger partial charge is 0.379 e. The maximum atomic E-state index is 4.95. The highest BCUT2D eigenvalue weighted by Gasteiger charge is 2.21. The van der Waals surface area contributed by atoms with Crippen LogP contribution in [0.2, 0.25) is 0 Å². The lowest BCUT2D eigenvalue weighted by Crippen LogP contribution is -2.19. The van der Waals surface area contributed by atoms with Crippen LogP contribution in [0.25, 0.3) is 17.8 Å². The maximum absolute atomic E-state index is 4.95. The molecule has 4 aliphatic rings. The number of nitrogens with zero attached hydrogens (tertiary/aromatic N) is 2. The highest BCUT2D eigenvalue weighted by Crippen LogP contribution is 2.30. The average Bonchev–Trinajstić information content (AvgIpc) is 3.47. The molecule has 0 spiro atoms. The van der Waals surface area contributed by atoms with E-state index in [1.54, 1.807) is 0 Å². The van der Waals surface area contributed by atoms with Crippen molar-refractivity contribution in [2.45, 2.75) is 12.5 Å². The molecule has 0 radical (unpaired) electrons. The molecule has 8 bridgehead atoms. The van der Waals surface area contributed by atoms with Gasteiger partial charge in [-0.25, -0.2) is 9.98 Å². The van der Waals surface area contributed by atoms with E-state index in [0.29, 0.717) is 0 Å². The predicted molar refractivity (Wildman–Crippen MR) is 114 cm³/mol. The van der Waals surface area contributed by atoms with Crippen molar-refractivity contribution in [1.29, 1.82) is 0 Å². The van der Waals surface area contributed by atoms with Crippen molar-refractivity contribution < 1.29 is 0 Å². The van der Waals surface area contributed by atoms with Crippen molar-refractivity contribution in [3.8, 4) is 0 Å². The average molecular weight is 362 g/mol. The molecule has 28 heavy (non-hydrogen) atoms. The van der Waals surface area contributed by atoms with Gasteiger partial charge in [0, 0.05) is 27.5 Å². The van der Waals surface area contributed by atoms with Gasteiger partial charge in [-0.15, -0.1) is 0 Å². The quantitative estimate of drug-likeness (QED) is 0.744. The predicted octanol–water partition coefficient (Wildman–Crippen LogP) is 2.57. The second-order valence-corrected chi connectivity index (χ2v) is 7.34. The Morgan fingerprint density at radius 1 is 0.857 bits per heavy atom. The first kappa shape index (κ1) is 15.4. The Bertz CT molecular complexity index is 1310. The van der Waals surface area contributed by atoms with Gasteiger partial charge in [-0.3, -0.25) is 0 Å². The lowest BCUT2D eigenvalue weighted by Gasteiger charge is -2.09. The van der Waals surface area contributed by atoms with E-state index in [1.807, 2.05) is 6.08 Å². The summed E-state index contributed by atoms with van der Waals surface area (Å²) >= 11 is 0. The number of aromatic nitrogens is 1. The first-order valence-corrected chi connectivity index (χ1v) is 9.54. The zero-order valence-corrected chi connectivity index (χ0v) is 15.2. The van der Waals surface area contributed by atoms with E-state index >= 15 is 0 Å². The molecule has 4 aliphatic heterocycles. The minimum absolute atomic E-state index is 0.239. The van der Waals surface area contributed by atoms with Crippen LogP contribution in [0.4, 0.5) is 0 Å². The Kier molecular flexibility index (Phi) is 3.26. The molecule has 1 atom stereocenters. The van der Waals surface area contributed by atoms with Crippen molar-refractivity contribution >= 4 is 29.3 Å². The molecular formula is C24H18N4. The summed E-state index contributed by atoms with van der Waals surface area (Å²) in [5.74, 6) is 0. The van der Waals surface area contributed by atoms with Crippen LogP contribution < -0.4 is 16.0 Å². The standard InChI is InChI=1S/C24H18N4/c1-2-4-22-21(3-1)23-13-19-9-7-17(26-19)11-15-5-6-16(25-15)12-18-8-10-20(27-18)14-24(22)28-23/h1-9,11-14,20,26-27H,10H2. The molecule has 4 nitrogen and oxygen atoms in total. The summed E-state index contributed by atoms with van der Waals surface area (Å²) in [6.07, 6.45) is 15.8. The number of H-pyrrole nitrogens is 1. The van der Waals surface area contributed by atoms with Crippen LogP contribution in [0.3, 0.4) is 0 Å². The van der Waals surface area contributed by atoms with Gasteiger partial charge in [0.25, 0.3) is 0 Å². The molecular weight excluding hydrogens is 344 g/mol. The summed E-state index contributed by atoms with van der Waals surface area (Å²) in [5.41, 5.74) is 7.43. The number of aliphatic imine (C=N–C) groups is 2. The summed E-state index contributed by atoms with van der Waals surface area (Å²) in [7, 11) is 0. The van der Waals surface area contributed by atoms with Gasteiger partial charge in [-0.05, 0) is 55.0 Å². The molecule has 2 aromatic rings. The van der Waals surface area contributed by atoms with Crippen molar-refractivity contribution in [3.63, 3.8) is 0 Å². The molecule has 4 heteroatoms. The molecule has 0 amide bonds. The van der Waals surface area contributed by atoms with E-state index in [4.69, 9.17) is 9.98 Å². The van der Waals surface area contributed by atoms with Crippen LogP contribution in [0.1, 0.15) is 17.5 Å². The van der Waals surface area contributed by atoms with Crippen LogP contribution in [0, 0.1) is 0 Å². The van der Waals surface area contributed by atoms with Crippen LogP contribution in [-0.2, 0) is 0 Å². The highest BCUT2D eigenvalue weighted by molar-refractivity contribution is 6.26. The minimum Gasteiger partial charge on any atom is -0.379 e. The van der Waals surface area contributed by atoms with Gasteiger partial charge in [0.05, 0.1) is 28.9 Å². The van der Waals surface area contributed by atoms with Gasteiger partial charge in [-0.1, -0.05) is 30.3 Å². The number of hydrogen-bond acceptors (Lipinski definition) is 3. The summed E-state index contributed by atoms with van der Waals surface area (Å²) in [4.78, 5) is 13.1. The van der Waals surface area contributed by atoms with Crippen molar-refractivity contribution in [3.05, 3.63) is 100.0 Å². The highest BCUT2D eigenvalue weighted by atomic mass is 15.0. The van der Waals surface area contributed by atoms with Crippen LogP contribution in [-0.4, -0.2) is 22.4 Å². The van der Waals surface area contributed by atoms with E-state index in [0.717, 1.165) is 45.6 Å². The van der Waals surface area contributed by atoms with Gasteiger partial charge in [0.15, 0.2) is 0 Å². The topological polar surface area (TPSA) is 52.5 Å². The Balaban J connectivity index is 1.56. The smallest absolute Gasteiger partial charge is 0.0736 e. The Morgan fingerprint density at radius 3 is 2.64 bits per heavy atom. The third-order valence-corrected chi connectivity index (χ3v) is 5.34. The van der Waals surface area contributed by atoms with Crippen LogP contribution in [0.15, 0.2) is 88.2 Å². The zero-order valence-electron chi connectivity index (χ0n) is 15.2. The number of hydrogen-bond donors (Lipinski definition) is 2. The lowest BCUT2D eigenvalue weighted by atomic mass is 10.0. The number of fused-ring (bicyclic) bond motifs is 9. The summed E-state index contributed by atoms with van der Waals surface area (Å²) in [6.45, 7) is 0. The zero-order chi connectivity index (χ0) is 18.5. The molecule has 0 fully saturated rings. The second-order valence-electron chi connectivity index (χ2n) is 7.34. The van der Waals surface area contributed by atoms with Gasteiger partial charge in [0.2, 0.25) is 0 Å². The molecule has 0 aliphatic carbocycles. The molecule has 0 saturated carbocycles. The van der Waals surface area contributed by atoms with Crippen LogP contribution >= 0.6 is 0 Å². The fraction of sp³-hybridized carbons (Fsp3) is 0.0833. The fourth-order valence-corrected chi connectivity index (χ4v) is 4.02. The van der Waals surface area contributed by atoms with Gasteiger partial charge < -0.3 is 10.3 Å². The van der Waals surface area contributed by atoms with E-state index in [-0.39, 0.29) is 6.04 Å². The molecule has 1 unspecified atom stereocenters. The lowest BCUT2D eigenvalue weighted by molar-refractivity contribution is 0.744.